The molecule has 4 heteroatoms. The first-order valence-corrected chi connectivity index (χ1v) is 14.5. The molecule has 0 aromatic rings. The second kappa shape index (κ2) is 10.2. The van der Waals surface area contributed by atoms with E-state index in [1.807, 2.05) is 0 Å². The van der Waals surface area contributed by atoms with Crippen molar-refractivity contribution in [3.8, 4) is 0 Å². The summed E-state index contributed by atoms with van der Waals surface area (Å²) in [6.45, 7) is 13.2. The van der Waals surface area contributed by atoms with E-state index < -0.39 is 0 Å². The predicted octanol–water partition coefficient (Wildman–Crippen LogP) is 5.69. The lowest BCUT2D eigenvalue weighted by Crippen LogP contribution is -2.51. The summed E-state index contributed by atoms with van der Waals surface area (Å²) < 4.78 is 0. The van der Waals surface area contributed by atoms with Crippen LogP contribution in [-0.2, 0) is 4.79 Å². The molecule has 4 aliphatic rings. The Morgan fingerprint density at radius 1 is 1.18 bits per heavy atom. The maximum Gasteiger partial charge on any atom is 0.223 e. The normalized spacial score (nSPS) is 42.4. The lowest BCUT2D eigenvalue weighted by molar-refractivity contribution is -0.127. The molecule has 0 bridgehead atoms. The Hall–Kier alpha value is -0.870. The van der Waals surface area contributed by atoms with Gasteiger partial charge in [0.1, 0.15) is 0 Å². The molecule has 0 aliphatic heterocycles. The molecule has 9 atom stereocenters. The van der Waals surface area contributed by atoms with Crippen LogP contribution in [0.2, 0.25) is 0 Å². The molecule has 0 aromatic heterocycles. The van der Waals surface area contributed by atoms with Gasteiger partial charge in [0.25, 0.3) is 0 Å². The highest BCUT2D eigenvalue weighted by Crippen LogP contribution is 2.68. The van der Waals surface area contributed by atoms with E-state index in [2.05, 4.69) is 46.0 Å². The van der Waals surface area contributed by atoms with Crippen molar-refractivity contribution in [2.45, 2.75) is 105 Å². The molecule has 1 amide bonds. The van der Waals surface area contributed by atoms with Gasteiger partial charge in [0, 0.05) is 19.0 Å². The topological polar surface area (TPSA) is 75.4 Å². The van der Waals surface area contributed by atoms with Crippen LogP contribution in [0.3, 0.4) is 0 Å². The number of hydrogen-bond acceptors (Lipinski definition) is 3. The predicted molar refractivity (Wildman–Crippen MR) is 140 cm³/mol. The maximum absolute atomic E-state index is 13.5. The van der Waals surface area contributed by atoms with Gasteiger partial charge in [-0.15, -0.1) is 0 Å². The second-order valence-electron chi connectivity index (χ2n) is 13.5. The molecule has 1 unspecified atom stereocenters. The average molecular weight is 473 g/mol. The Balaban J connectivity index is 1.60. The van der Waals surface area contributed by atoms with Crippen molar-refractivity contribution in [3.05, 3.63) is 11.6 Å². The summed E-state index contributed by atoms with van der Waals surface area (Å²) in [5.41, 5.74) is 7.78. The van der Waals surface area contributed by atoms with E-state index in [0.717, 1.165) is 38.0 Å². The minimum atomic E-state index is -0.150. The SMILES string of the molecule is CC(C)CCC[C@@H](C)[C@H]1C(C(=O)NCCN)C[C@H]2[C@@H]3CC=C4C[C@@H](O)CC[C@]4(C)[C@H]3CC[C@]12C. The number of rotatable bonds is 8. The molecule has 34 heavy (non-hydrogen) atoms. The first-order chi connectivity index (χ1) is 16.1. The number of hydrogen-bond donors (Lipinski definition) is 3. The van der Waals surface area contributed by atoms with E-state index in [0.29, 0.717) is 42.7 Å². The van der Waals surface area contributed by atoms with Crippen LogP contribution in [0, 0.1) is 52.3 Å². The van der Waals surface area contributed by atoms with Gasteiger partial charge in [-0.1, -0.05) is 65.5 Å². The molecule has 4 N–H and O–H groups in total. The highest BCUT2D eigenvalue weighted by atomic mass is 16.3. The van der Waals surface area contributed by atoms with Crippen LogP contribution in [0.1, 0.15) is 98.8 Å². The zero-order chi connectivity index (χ0) is 24.7. The number of aliphatic hydroxyl groups excluding tert-OH is 1. The molecule has 0 heterocycles. The van der Waals surface area contributed by atoms with Crippen molar-refractivity contribution < 1.29 is 9.90 Å². The molecule has 3 fully saturated rings. The first-order valence-electron chi connectivity index (χ1n) is 14.5. The van der Waals surface area contributed by atoms with Crippen LogP contribution >= 0.6 is 0 Å². The Morgan fingerprint density at radius 2 is 1.94 bits per heavy atom. The third-order valence-electron chi connectivity index (χ3n) is 11.1. The number of fused-ring (bicyclic) bond motifs is 5. The molecule has 4 nitrogen and oxygen atoms in total. The van der Waals surface area contributed by atoms with E-state index in [1.54, 1.807) is 0 Å². The van der Waals surface area contributed by atoms with E-state index >= 15 is 0 Å². The number of allylic oxidation sites excluding steroid dienone is 1. The fourth-order valence-electron chi connectivity index (χ4n) is 9.40. The van der Waals surface area contributed by atoms with Crippen LogP contribution in [-0.4, -0.2) is 30.2 Å². The van der Waals surface area contributed by atoms with E-state index in [-0.39, 0.29) is 28.8 Å². The summed E-state index contributed by atoms with van der Waals surface area (Å²) in [6.07, 6.45) is 13.8. The number of amides is 1. The summed E-state index contributed by atoms with van der Waals surface area (Å²) in [5, 5.41) is 13.5. The third kappa shape index (κ3) is 4.63. The molecule has 0 aromatic carbocycles. The second-order valence-corrected chi connectivity index (χ2v) is 13.5. The van der Waals surface area contributed by atoms with Crippen LogP contribution in [0.25, 0.3) is 0 Å². The highest BCUT2D eigenvalue weighted by Gasteiger charge is 2.62. The standard InChI is InChI=1S/C30H52N2O2/c1-19(2)7-6-8-20(3)27-24(28(34)32-16-15-31)18-26-23-10-9-21-17-22(33)11-13-29(21,4)25(23)12-14-30(26,27)5/h9,19-20,22-27,33H,6-8,10-18,31H2,1-5H3,(H,32,34)/t20-,22+,23-,24?,25+,26+,27+,29+,30+/m1/s1. The van der Waals surface area contributed by atoms with E-state index in [1.165, 1.54) is 37.7 Å². The zero-order valence-corrected chi connectivity index (χ0v) is 22.6. The summed E-state index contributed by atoms with van der Waals surface area (Å²) in [7, 11) is 0. The fraction of sp³-hybridized carbons (Fsp3) is 0.900. The van der Waals surface area contributed by atoms with Crippen LogP contribution < -0.4 is 11.1 Å². The molecule has 3 saturated carbocycles. The molecular weight excluding hydrogens is 420 g/mol. The van der Waals surface area contributed by atoms with Crippen LogP contribution in [0.15, 0.2) is 11.6 Å². The highest BCUT2D eigenvalue weighted by molar-refractivity contribution is 5.79. The number of nitrogens with two attached hydrogens (primary N) is 1. The third-order valence-corrected chi connectivity index (χ3v) is 11.1. The molecule has 0 spiro atoms. The van der Waals surface area contributed by atoms with Gasteiger partial charge in [0.15, 0.2) is 0 Å². The van der Waals surface area contributed by atoms with Gasteiger partial charge in [-0.25, -0.2) is 0 Å². The molecular formula is C30H52N2O2. The Kier molecular flexibility index (Phi) is 7.89. The van der Waals surface area contributed by atoms with E-state index in [4.69, 9.17) is 5.73 Å². The molecule has 4 rings (SSSR count). The average Bonchev–Trinajstić information content (AvgIpc) is 3.11. The zero-order valence-electron chi connectivity index (χ0n) is 22.6. The number of nitrogens with one attached hydrogen (secondary N) is 1. The summed E-state index contributed by atoms with van der Waals surface area (Å²) in [4.78, 5) is 13.5. The van der Waals surface area contributed by atoms with Crippen molar-refractivity contribution in [1.29, 1.82) is 0 Å². The quantitative estimate of drug-likeness (QED) is 0.397. The van der Waals surface area contributed by atoms with E-state index in [9.17, 15) is 9.90 Å². The number of carbonyl (C=O) groups excluding carboxylic acids is 1. The molecule has 0 radical (unpaired) electrons. The monoisotopic (exact) mass is 472 g/mol. The van der Waals surface area contributed by atoms with Crippen molar-refractivity contribution >= 4 is 5.91 Å². The van der Waals surface area contributed by atoms with Crippen LogP contribution in [0.5, 0.6) is 0 Å². The van der Waals surface area contributed by atoms with Crippen LogP contribution in [0.4, 0.5) is 0 Å². The van der Waals surface area contributed by atoms with Gasteiger partial charge < -0.3 is 16.2 Å². The van der Waals surface area contributed by atoms with Gasteiger partial charge in [0.2, 0.25) is 5.91 Å². The Morgan fingerprint density at radius 3 is 2.65 bits per heavy atom. The lowest BCUT2D eigenvalue weighted by atomic mass is 9.47. The summed E-state index contributed by atoms with van der Waals surface area (Å²) in [6, 6.07) is 0. The van der Waals surface area contributed by atoms with Gasteiger partial charge in [-0.3, -0.25) is 4.79 Å². The maximum atomic E-state index is 13.5. The van der Waals surface area contributed by atoms with Gasteiger partial charge in [-0.05, 0) is 91.3 Å². The van der Waals surface area contributed by atoms with Crippen molar-refractivity contribution in [2.75, 3.05) is 13.1 Å². The van der Waals surface area contributed by atoms with Crippen molar-refractivity contribution in [2.24, 2.45) is 58.0 Å². The smallest absolute Gasteiger partial charge is 0.223 e. The number of carbonyl (C=O) groups is 1. The Labute approximate surface area is 208 Å². The van der Waals surface area contributed by atoms with Gasteiger partial charge in [-0.2, -0.15) is 0 Å². The minimum Gasteiger partial charge on any atom is -0.393 e. The molecule has 0 saturated heterocycles. The Bertz CT molecular complexity index is 763. The van der Waals surface area contributed by atoms with Crippen molar-refractivity contribution in [3.63, 3.8) is 0 Å². The number of aliphatic hydroxyl groups is 1. The van der Waals surface area contributed by atoms with Gasteiger partial charge in [0.05, 0.1) is 6.10 Å². The largest absolute Gasteiger partial charge is 0.393 e. The molecule has 194 valence electrons. The summed E-state index contributed by atoms with van der Waals surface area (Å²) in [5.74, 6) is 4.19. The summed E-state index contributed by atoms with van der Waals surface area (Å²) >= 11 is 0. The first kappa shape index (κ1) is 26.2. The minimum absolute atomic E-state index is 0.126. The van der Waals surface area contributed by atoms with Crippen molar-refractivity contribution in [1.82, 2.24) is 5.32 Å². The fourth-order valence-corrected chi connectivity index (χ4v) is 9.40. The lowest BCUT2D eigenvalue weighted by Gasteiger charge is -2.58. The van der Waals surface area contributed by atoms with Gasteiger partial charge >= 0.3 is 0 Å². The molecule has 4 aliphatic carbocycles.